The second-order valence-corrected chi connectivity index (χ2v) is 12.4. The first-order chi connectivity index (χ1) is 10.8. The summed E-state index contributed by atoms with van der Waals surface area (Å²) in [5, 5.41) is 0. The summed E-state index contributed by atoms with van der Waals surface area (Å²) in [5.74, 6) is 4.11. The van der Waals surface area contributed by atoms with Crippen molar-refractivity contribution in [3.8, 4) is 17.8 Å². The minimum atomic E-state index is -1.87. The number of hydrogen-bond donors (Lipinski definition) is 0. The molecule has 0 spiro atoms. The SMILES string of the molecule is COc1cccc(CCC#CO[Si](C(C)C)(C(C)C)C(C)C)c1. The number of ether oxygens (including phenoxy) is 1. The maximum absolute atomic E-state index is 6.25. The molecule has 0 N–H and O–H groups in total. The Morgan fingerprint density at radius 3 is 2.13 bits per heavy atom. The predicted octanol–water partition coefficient (Wildman–Crippen LogP) is 5.78. The second-order valence-electron chi connectivity index (χ2n) is 7.05. The predicted molar refractivity (Wildman–Crippen MR) is 101 cm³/mol. The molecule has 128 valence electrons. The first-order valence-corrected chi connectivity index (χ1v) is 10.8. The van der Waals surface area contributed by atoms with Crippen molar-refractivity contribution in [3.63, 3.8) is 0 Å². The van der Waals surface area contributed by atoms with Crippen LogP contribution in [0.2, 0.25) is 16.6 Å². The molecule has 0 aliphatic rings. The van der Waals surface area contributed by atoms with E-state index in [1.165, 1.54) is 5.56 Å². The lowest BCUT2D eigenvalue weighted by molar-refractivity contribution is 0.414. The third-order valence-electron chi connectivity index (χ3n) is 4.68. The molecule has 0 aliphatic carbocycles. The molecular weight excluding hydrogens is 300 g/mol. The Kier molecular flexibility index (Phi) is 7.71. The van der Waals surface area contributed by atoms with Gasteiger partial charge in [0.05, 0.1) is 13.2 Å². The van der Waals surface area contributed by atoms with E-state index >= 15 is 0 Å². The molecule has 23 heavy (non-hydrogen) atoms. The molecule has 0 saturated carbocycles. The molecule has 0 fully saturated rings. The Balaban J connectivity index is 2.68. The summed E-state index contributed by atoms with van der Waals surface area (Å²) in [6, 6.07) is 8.16. The zero-order chi connectivity index (χ0) is 17.5. The zero-order valence-corrected chi connectivity index (χ0v) is 16.8. The van der Waals surface area contributed by atoms with Crippen LogP contribution < -0.4 is 4.74 Å². The Hall–Kier alpha value is -1.40. The number of hydrogen-bond acceptors (Lipinski definition) is 2. The van der Waals surface area contributed by atoms with Gasteiger partial charge in [0.25, 0.3) is 8.32 Å². The van der Waals surface area contributed by atoms with Gasteiger partial charge in [0, 0.05) is 6.42 Å². The highest BCUT2D eigenvalue weighted by molar-refractivity contribution is 6.77. The average Bonchev–Trinajstić information content (AvgIpc) is 2.49. The molecule has 1 rings (SSSR count). The van der Waals surface area contributed by atoms with Crippen molar-refractivity contribution < 1.29 is 9.16 Å². The maximum atomic E-state index is 6.25. The third-order valence-corrected chi connectivity index (χ3v) is 10.5. The van der Waals surface area contributed by atoms with Gasteiger partial charge in [-0.3, -0.25) is 0 Å². The Labute approximate surface area is 143 Å². The summed E-state index contributed by atoms with van der Waals surface area (Å²) >= 11 is 0. The molecule has 0 atom stereocenters. The summed E-state index contributed by atoms with van der Waals surface area (Å²) in [7, 11) is -0.170. The lowest BCUT2D eigenvalue weighted by Gasteiger charge is -2.39. The van der Waals surface area contributed by atoms with Crippen molar-refractivity contribution >= 4 is 8.32 Å². The van der Waals surface area contributed by atoms with Gasteiger partial charge in [-0.25, -0.2) is 0 Å². The van der Waals surface area contributed by atoms with Crippen molar-refractivity contribution in [1.29, 1.82) is 0 Å². The van der Waals surface area contributed by atoms with E-state index in [0.717, 1.165) is 18.6 Å². The third kappa shape index (κ3) is 5.04. The fraction of sp³-hybridized carbons (Fsp3) is 0.600. The van der Waals surface area contributed by atoms with E-state index in [1.807, 2.05) is 12.1 Å². The van der Waals surface area contributed by atoms with Crippen LogP contribution in [0.4, 0.5) is 0 Å². The van der Waals surface area contributed by atoms with Crippen LogP contribution in [0.1, 0.15) is 53.5 Å². The molecule has 0 aromatic heterocycles. The normalized spacial score (nSPS) is 11.6. The summed E-state index contributed by atoms with van der Waals surface area (Å²) in [6.07, 6.45) is 4.78. The molecule has 1 aromatic carbocycles. The van der Waals surface area contributed by atoms with Gasteiger partial charge >= 0.3 is 0 Å². The van der Waals surface area contributed by atoms with E-state index in [-0.39, 0.29) is 0 Å². The molecule has 0 amide bonds. The van der Waals surface area contributed by atoms with Crippen LogP contribution >= 0.6 is 0 Å². The van der Waals surface area contributed by atoms with Gasteiger partial charge in [0.15, 0.2) is 0 Å². The summed E-state index contributed by atoms with van der Waals surface area (Å²) in [6.45, 7) is 13.7. The van der Waals surface area contributed by atoms with Gasteiger partial charge in [-0.2, -0.15) is 0 Å². The van der Waals surface area contributed by atoms with Crippen molar-refractivity contribution in [3.05, 3.63) is 29.8 Å². The van der Waals surface area contributed by atoms with Crippen LogP contribution in [0, 0.1) is 12.0 Å². The quantitative estimate of drug-likeness (QED) is 0.465. The van der Waals surface area contributed by atoms with Crippen molar-refractivity contribution in [2.75, 3.05) is 7.11 Å². The molecule has 0 aliphatic heterocycles. The highest BCUT2D eigenvalue weighted by Gasteiger charge is 2.46. The molecule has 3 heteroatoms. The van der Waals surface area contributed by atoms with E-state index in [1.54, 1.807) is 7.11 Å². The van der Waals surface area contributed by atoms with Crippen LogP contribution in [0.25, 0.3) is 0 Å². The monoisotopic (exact) mass is 332 g/mol. The number of rotatable bonds is 7. The smallest absolute Gasteiger partial charge is 0.272 e. The van der Waals surface area contributed by atoms with Gasteiger partial charge in [-0.1, -0.05) is 59.6 Å². The summed E-state index contributed by atoms with van der Waals surface area (Å²) < 4.78 is 11.5. The lowest BCUT2D eigenvalue weighted by atomic mass is 10.1. The van der Waals surface area contributed by atoms with Gasteiger partial charge in [0.1, 0.15) is 5.75 Å². The minimum Gasteiger partial charge on any atom is -0.500 e. The van der Waals surface area contributed by atoms with Crippen LogP contribution in [0.3, 0.4) is 0 Å². The first-order valence-electron chi connectivity index (χ1n) is 8.63. The number of methoxy groups -OCH3 is 1. The fourth-order valence-corrected chi connectivity index (χ4v) is 8.52. The molecule has 0 saturated heterocycles. The molecule has 0 radical (unpaired) electrons. The first kappa shape index (κ1) is 19.6. The van der Waals surface area contributed by atoms with Crippen LogP contribution in [-0.4, -0.2) is 15.4 Å². The van der Waals surface area contributed by atoms with Gasteiger partial charge in [-0.05, 0) is 40.7 Å². The lowest BCUT2D eigenvalue weighted by Crippen LogP contribution is -2.46. The van der Waals surface area contributed by atoms with Crippen LogP contribution in [0.15, 0.2) is 24.3 Å². The zero-order valence-electron chi connectivity index (χ0n) is 15.8. The van der Waals surface area contributed by atoms with E-state index in [4.69, 9.17) is 9.16 Å². The highest BCUT2D eigenvalue weighted by atomic mass is 28.4. The standard InChI is InChI=1S/C20H32O2Si/c1-16(2)23(17(3)4,18(5)6)22-14-9-8-11-19-12-10-13-20(15-19)21-7/h10,12-13,15-18H,8,11H2,1-7H3. The van der Waals surface area contributed by atoms with Crippen molar-refractivity contribution in [2.45, 2.75) is 71.0 Å². The number of aryl methyl sites for hydroxylation is 1. The summed E-state index contributed by atoms with van der Waals surface area (Å²) in [5.41, 5.74) is 2.94. The maximum Gasteiger partial charge on any atom is 0.272 e. The topological polar surface area (TPSA) is 18.5 Å². The van der Waals surface area contributed by atoms with Gasteiger partial charge in [-0.15, -0.1) is 0 Å². The second kappa shape index (κ2) is 9.03. The number of benzene rings is 1. The average molecular weight is 333 g/mol. The highest BCUT2D eigenvalue weighted by Crippen LogP contribution is 2.41. The van der Waals surface area contributed by atoms with E-state index in [0.29, 0.717) is 16.6 Å². The van der Waals surface area contributed by atoms with E-state index in [2.05, 4.69) is 65.7 Å². The molecule has 0 bridgehead atoms. The molecule has 0 heterocycles. The molecule has 2 nitrogen and oxygen atoms in total. The van der Waals surface area contributed by atoms with Gasteiger partial charge in [0.2, 0.25) is 0 Å². The van der Waals surface area contributed by atoms with Crippen molar-refractivity contribution in [2.24, 2.45) is 0 Å². The molecule has 1 aromatic rings. The van der Waals surface area contributed by atoms with E-state index in [9.17, 15) is 0 Å². The van der Waals surface area contributed by atoms with Crippen molar-refractivity contribution in [1.82, 2.24) is 0 Å². The van der Waals surface area contributed by atoms with Crippen LogP contribution in [0.5, 0.6) is 5.75 Å². The van der Waals surface area contributed by atoms with Gasteiger partial charge < -0.3 is 9.16 Å². The van der Waals surface area contributed by atoms with Crippen LogP contribution in [-0.2, 0) is 10.8 Å². The molecule has 0 unspecified atom stereocenters. The Morgan fingerprint density at radius 2 is 1.61 bits per heavy atom. The largest absolute Gasteiger partial charge is 0.500 e. The summed E-state index contributed by atoms with van der Waals surface area (Å²) in [4.78, 5) is 0. The van der Waals surface area contributed by atoms with E-state index < -0.39 is 8.32 Å². The fourth-order valence-electron chi connectivity index (χ4n) is 3.56. The Morgan fingerprint density at radius 1 is 1.00 bits per heavy atom. The Bertz CT molecular complexity index is 516. The molecular formula is C20H32O2Si. The minimum absolute atomic E-state index is 0.565.